The van der Waals surface area contributed by atoms with E-state index in [0.29, 0.717) is 17.3 Å². The Kier molecular flexibility index (Phi) is 5.59. The third-order valence-corrected chi connectivity index (χ3v) is 5.83. The molecule has 156 valence electrons. The van der Waals surface area contributed by atoms with Gasteiger partial charge in [0.15, 0.2) is 0 Å². The van der Waals surface area contributed by atoms with Crippen LogP contribution in [-0.2, 0) is 11.8 Å². The normalized spacial score (nSPS) is 14.7. The highest BCUT2D eigenvalue weighted by Crippen LogP contribution is 2.32. The van der Waals surface area contributed by atoms with Crippen molar-refractivity contribution >= 4 is 23.3 Å². The van der Waals surface area contributed by atoms with Gasteiger partial charge in [-0.15, -0.1) is 0 Å². The molecule has 0 saturated carbocycles. The van der Waals surface area contributed by atoms with Crippen LogP contribution < -0.4 is 10.5 Å². The topological polar surface area (TPSA) is 82.2 Å². The van der Waals surface area contributed by atoms with Gasteiger partial charge in [0.2, 0.25) is 0 Å². The minimum absolute atomic E-state index is 0.0875. The van der Waals surface area contributed by atoms with Crippen molar-refractivity contribution in [3.05, 3.63) is 69.4 Å². The molecule has 0 aliphatic carbocycles. The maximum Gasteiger partial charge on any atom is 0.340 e. The van der Waals surface area contributed by atoms with Crippen LogP contribution in [0.25, 0.3) is 5.69 Å². The van der Waals surface area contributed by atoms with Crippen LogP contribution in [0.15, 0.2) is 47.7 Å². The molecule has 1 saturated heterocycles. The lowest BCUT2D eigenvalue weighted by molar-refractivity contribution is 0.0600. The van der Waals surface area contributed by atoms with Crippen LogP contribution in [0.2, 0.25) is 5.02 Å². The van der Waals surface area contributed by atoms with E-state index in [1.807, 2.05) is 17.9 Å². The Morgan fingerprint density at radius 2 is 1.87 bits per heavy atom. The molecule has 9 heteroatoms. The molecule has 0 atom stereocenters. The first kappa shape index (κ1) is 20.2. The molecule has 0 bridgehead atoms. The number of anilines is 1. The van der Waals surface area contributed by atoms with E-state index in [0.717, 1.165) is 30.6 Å². The molecule has 1 aromatic carbocycles. The number of carbonyl (C=O) groups is 1. The van der Waals surface area contributed by atoms with Gasteiger partial charge in [0.25, 0.3) is 5.56 Å². The van der Waals surface area contributed by atoms with Crippen molar-refractivity contribution in [3.63, 3.8) is 0 Å². The molecule has 0 amide bonds. The summed E-state index contributed by atoms with van der Waals surface area (Å²) in [6.07, 6.45) is 7.43. The summed E-state index contributed by atoms with van der Waals surface area (Å²) in [4.78, 5) is 27.1. The Labute approximate surface area is 178 Å². The van der Waals surface area contributed by atoms with Gasteiger partial charge in [0, 0.05) is 26.3 Å². The van der Waals surface area contributed by atoms with Crippen molar-refractivity contribution in [1.29, 1.82) is 0 Å². The van der Waals surface area contributed by atoms with Gasteiger partial charge in [-0.1, -0.05) is 23.7 Å². The zero-order valence-corrected chi connectivity index (χ0v) is 17.5. The van der Waals surface area contributed by atoms with Crippen LogP contribution in [0, 0.1) is 0 Å². The maximum absolute atomic E-state index is 13.0. The van der Waals surface area contributed by atoms with Gasteiger partial charge < -0.3 is 9.64 Å². The molecular weight excluding hydrogens is 406 g/mol. The van der Waals surface area contributed by atoms with Gasteiger partial charge in [0.05, 0.1) is 36.4 Å². The Bertz CT molecular complexity index is 1130. The number of hydrogen-bond acceptors (Lipinski definition) is 6. The number of ether oxygens (including phenoxy) is 1. The number of benzene rings is 1. The summed E-state index contributed by atoms with van der Waals surface area (Å²) >= 11 is 6.46. The lowest BCUT2D eigenvalue weighted by atomic mass is 9.91. The number of methoxy groups -OCH3 is 1. The summed E-state index contributed by atoms with van der Waals surface area (Å²) in [5.41, 5.74) is 1.95. The molecule has 30 heavy (non-hydrogen) atoms. The summed E-state index contributed by atoms with van der Waals surface area (Å²) in [5.74, 6) is -0.106. The molecule has 1 fully saturated rings. The first-order valence-corrected chi connectivity index (χ1v) is 10.1. The molecular formula is C21H22ClN5O3. The lowest BCUT2D eigenvalue weighted by Gasteiger charge is -2.33. The van der Waals surface area contributed by atoms with Crippen molar-refractivity contribution in [2.75, 3.05) is 25.1 Å². The highest BCUT2D eigenvalue weighted by Gasteiger charge is 2.25. The smallest absolute Gasteiger partial charge is 0.340 e. The second-order valence-corrected chi connectivity index (χ2v) is 7.66. The van der Waals surface area contributed by atoms with E-state index in [1.165, 1.54) is 12.7 Å². The molecule has 0 N–H and O–H groups in total. The zero-order valence-electron chi connectivity index (χ0n) is 16.8. The van der Waals surface area contributed by atoms with E-state index in [9.17, 15) is 9.59 Å². The minimum atomic E-state index is -0.544. The number of nitrogens with zero attached hydrogens (tertiary/aromatic N) is 5. The van der Waals surface area contributed by atoms with Crippen LogP contribution in [0.1, 0.15) is 34.7 Å². The summed E-state index contributed by atoms with van der Waals surface area (Å²) in [5, 5.41) is 8.64. The van der Waals surface area contributed by atoms with Gasteiger partial charge in [-0.05, 0) is 36.5 Å². The van der Waals surface area contributed by atoms with Crippen LogP contribution in [0.5, 0.6) is 0 Å². The molecule has 4 rings (SSSR count). The molecule has 3 heterocycles. The lowest BCUT2D eigenvalue weighted by Crippen LogP contribution is -2.35. The van der Waals surface area contributed by atoms with Gasteiger partial charge in [0.1, 0.15) is 5.02 Å². The quantitative estimate of drug-likeness (QED) is 0.595. The standard InChI is InChI=1S/C21H22ClN5O3/c1-25-13-15(11-23-25)14-7-9-26(10-8-14)18-12-24-27(20(28)19(18)22)17-6-4-3-5-16(17)21(29)30-2/h3-6,11-14H,7-10H2,1-2H3. The SMILES string of the molecule is COC(=O)c1ccccc1-n1ncc(N2CCC(c3cnn(C)c3)CC2)c(Cl)c1=O. The van der Waals surface area contributed by atoms with Crippen molar-refractivity contribution in [1.82, 2.24) is 19.6 Å². The largest absolute Gasteiger partial charge is 0.465 e. The monoisotopic (exact) mass is 427 g/mol. The molecule has 3 aromatic rings. The Morgan fingerprint density at radius 3 is 2.53 bits per heavy atom. The molecule has 0 spiro atoms. The molecule has 8 nitrogen and oxygen atoms in total. The Hall–Kier alpha value is -3.13. The van der Waals surface area contributed by atoms with Crippen molar-refractivity contribution < 1.29 is 9.53 Å². The number of rotatable bonds is 4. The van der Waals surface area contributed by atoms with E-state index in [2.05, 4.69) is 21.3 Å². The van der Waals surface area contributed by atoms with E-state index in [-0.39, 0.29) is 10.6 Å². The third-order valence-electron chi connectivity index (χ3n) is 5.47. The van der Waals surface area contributed by atoms with Crippen molar-refractivity contribution in [3.8, 4) is 5.69 Å². The van der Waals surface area contributed by atoms with Crippen molar-refractivity contribution in [2.45, 2.75) is 18.8 Å². The zero-order chi connectivity index (χ0) is 21.3. The van der Waals surface area contributed by atoms with Gasteiger partial charge >= 0.3 is 5.97 Å². The van der Waals surface area contributed by atoms with E-state index < -0.39 is 11.5 Å². The number of piperidine rings is 1. The van der Waals surface area contributed by atoms with Crippen molar-refractivity contribution in [2.24, 2.45) is 7.05 Å². The summed E-state index contributed by atoms with van der Waals surface area (Å²) in [6.45, 7) is 1.53. The average Bonchev–Trinajstić information content (AvgIpc) is 3.21. The highest BCUT2D eigenvalue weighted by atomic mass is 35.5. The summed E-state index contributed by atoms with van der Waals surface area (Å²) in [6, 6.07) is 6.64. The summed E-state index contributed by atoms with van der Waals surface area (Å²) in [7, 11) is 3.21. The molecule has 1 aliphatic rings. The third kappa shape index (κ3) is 3.70. The Balaban J connectivity index is 1.59. The first-order valence-electron chi connectivity index (χ1n) is 9.68. The number of hydrogen-bond donors (Lipinski definition) is 0. The van der Waals surface area contributed by atoms with Gasteiger partial charge in [-0.3, -0.25) is 9.48 Å². The van der Waals surface area contributed by atoms with E-state index in [4.69, 9.17) is 16.3 Å². The predicted molar refractivity (Wildman–Crippen MR) is 114 cm³/mol. The average molecular weight is 428 g/mol. The van der Waals surface area contributed by atoms with Crippen LogP contribution in [0.4, 0.5) is 5.69 Å². The van der Waals surface area contributed by atoms with Gasteiger partial charge in [-0.25, -0.2) is 4.79 Å². The molecule has 0 unspecified atom stereocenters. The van der Waals surface area contributed by atoms with E-state index >= 15 is 0 Å². The maximum atomic E-state index is 13.0. The van der Waals surface area contributed by atoms with Crippen LogP contribution in [-0.4, -0.2) is 45.7 Å². The van der Waals surface area contributed by atoms with Crippen LogP contribution in [0.3, 0.4) is 0 Å². The molecule has 0 radical (unpaired) electrons. The second kappa shape index (κ2) is 8.31. The highest BCUT2D eigenvalue weighted by molar-refractivity contribution is 6.33. The Morgan fingerprint density at radius 1 is 1.13 bits per heavy atom. The predicted octanol–water partition coefficient (Wildman–Crippen LogP) is 2.79. The number of para-hydroxylation sites is 1. The fourth-order valence-electron chi connectivity index (χ4n) is 3.86. The number of aryl methyl sites for hydroxylation is 1. The fourth-order valence-corrected chi connectivity index (χ4v) is 4.11. The molecule has 2 aromatic heterocycles. The minimum Gasteiger partial charge on any atom is -0.465 e. The fraction of sp³-hybridized carbons (Fsp3) is 0.333. The van der Waals surface area contributed by atoms with E-state index in [1.54, 1.807) is 30.5 Å². The number of halogens is 1. The van der Waals surface area contributed by atoms with Crippen LogP contribution >= 0.6 is 11.6 Å². The second-order valence-electron chi connectivity index (χ2n) is 7.28. The number of carbonyl (C=O) groups excluding carboxylic acids is 1. The number of esters is 1. The first-order chi connectivity index (χ1) is 14.5. The summed E-state index contributed by atoms with van der Waals surface area (Å²) < 4.78 is 7.76. The molecule has 1 aliphatic heterocycles. The number of aromatic nitrogens is 4. The van der Waals surface area contributed by atoms with Gasteiger partial charge in [-0.2, -0.15) is 14.9 Å².